The summed E-state index contributed by atoms with van der Waals surface area (Å²) in [5.74, 6) is 0.381. The van der Waals surface area contributed by atoms with Crippen LogP contribution in [0.1, 0.15) is 30.3 Å². The van der Waals surface area contributed by atoms with Gasteiger partial charge in [0.25, 0.3) is 0 Å². The number of alkyl halides is 3. The van der Waals surface area contributed by atoms with Crippen LogP contribution in [0.25, 0.3) is 22.2 Å². The minimum Gasteiger partial charge on any atom is -0.438 e. The summed E-state index contributed by atoms with van der Waals surface area (Å²) in [6, 6.07) is 18.8. The molecule has 168 valence electrons. The Labute approximate surface area is 187 Å². The number of likely N-dealkylation sites (tertiary alicyclic amines) is 1. The van der Waals surface area contributed by atoms with Crippen LogP contribution in [0.2, 0.25) is 0 Å². The maximum Gasteiger partial charge on any atom is 0.417 e. The topological polar surface area (TPSA) is 58.4 Å². The lowest BCUT2D eigenvalue weighted by Gasteiger charge is -2.22. The number of nitrogens with zero attached hydrogens (tertiary/aromatic N) is 2. The van der Waals surface area contributed by atoms with Crippen LogP contribution in [-0.2, 0) is 6.18 Å². The molecule has 5 nitrogen and oxygen atoms in total. The third-order valence-corrected chi connectivity index (χ3v) is 5.77. The third kappa shape index (κ3) is 4.16. The van der Waals surface area contributed by atoms with Crippen molar-refractivity contribution in [3.63, 3.8) is 0 Å². The zero-order valence-corrected chi connectivity index (χ0v) is 17.5. The van der Waals surface area contributed by atoms with E-state index in [9.17, 15) is 18.0 Å². The molecule has 0 spiro atoms. The van der Waals surface area contributed by atoms with Crippen molar-refractivity contribution >= 4 is 22.8 Å². The molecule has 1 aliphatic rings. The van der Waals surface area contributed by atoms with Gasteiger partial charge >= 0.3 is 12.2 Å². The van der Waals surface area contributed by atoms with Gasteiger partial charge in [0, 0.05) is 12.2 Å². The van der Waals surface area contributed by atoms with Gasteiger partial charge in [-0.1, -0.05) is 42.5 Å². The van der Waals surface area contributed by atoms with E-state index in [1.54, 1.807) is 29.2 Å². The zero-order valence-electron chi connectivity index (χ0n) is 17.5. The highest BCUT2D eigenvalue weighted by molar-refractivity contribution is 5.90. The maximum atomic E-state index is 13.5. The molecule has 2 heterocycles. The van der Waals surface area contributed by atoms with Crippen LogP contribution in [-0.4, -0.2) is 22.5 Å². The Kier molecular flexibility index (Phi) is 5.28. The Morgan fingerprint density at radius 3 is 2.58 bits per heavy atom. The van der Waals surface area contributed by atoms with E-state index >= 15 is 0 Å². The van der Waals surface area contributed by atoms with Crippen LogP contribution in [0.5, 0.6) is 0 Å². The number of aromatic nitrogens is 1. The van der Waals surface area contributed by atoms with E-state index < -0.39 is 11.7 Å². The summed E-state index contributed by atoms with van der Waals surface area (Å²) < 4.78 is 46.3. The Hall–Kier alpha value is -3.81. The smallest absolute Gasteiger partial charge is 0.417 e. The number of nitrogens with one attached hydrogen (secondary N) is 1. The number of hydrogen-bond donors (Lipinski definition) is 1. The van der Waals surface area contributed by atoms with Gasteiger partial charge < -0.3 is 14.6 Å². The number of benzene rings is 3. The van der Waals surface area contributed by atoms with E-state index in [0.29, 0.717) is 41.2 Å². The molecule has 2 amide bonds. The lowest BCUT2D eigenvalue weighted by molar-refractivity contribution is -0.137. The molecule has 0 radical (unpaired) electrons. The molecule has 1 saturated heterocycles. The SMILES string of the molecule is O=C(Nc1ccccc1)N1CCCC1c1nc2cc(-c3ccccc3C(F)(F)F)ccc2o1. The summed E-state index contributed by atoms with van der Waals surface area (Å²) in [7, 11) is 0. The van der Waals surface area contributed by atoms with Gasteiger partial charge in [-0.2, -0.15) is 13.2 Å². The van der Waals surface area contributed by atoms with Crippen molar-refractivity contribution in [2.45, 2.75) is 25.1 Å². The number of fused-ring (bicyclic) bond motifs is 1. The average molecular weight is 451 g/mol. The molecule has 3 aromatic carbocycles. The third-order valence-electron chi connectivity index (χ3n) is 5.77. The lowest BCUT2D eigenvalue weighted by atomic mass is 9.99. The Bertz CT molecular complexity index is 1300. The van der Waals surface area contributed by atoms with E-state index in [0.717, 1.165) is 12.5 Å². The number of anilines is 1. The molecule has 0 bridgehead atoms. The number of urea groups is 1. The molecule has 1 fully saturated rings. The fourth-order valence-corrected chi connectivity index (χ4v) is 4.22. The predicted molar refractivity (Wildman–Crippen MR) is 119 cm³/mol. The van der Waals surface area contributed by atoms with Crippen molar-refractivity contribution in [2.75, 3.05) is 11.9 Å². The molecule has 1 atom stereocenters. The van der Waals surface area contributed by atoms with Gasteiger partial charge in [-0.05, 0) is 54.3 Å². The highest BCUT2D eigenvalue weighted by atomic mass is 19.4. The second-order valence-electron chi connectivity index (χ2n) is 7.93. The molecule has 4 aromatic rings. The van der Waals surface area contributed by atoms with E-state index in [-0.39, 0.29) is 17.6 Å². The molecule has 5 rings (SSSR count). The first kappa shape index (κ1) is 21.1. The average Bonchev–Trinajstić information content (AvgIpc) is 3.45. The zero-order chi connectivity index (χ0) is 23.0. The van der Waals surface area contributed by atoms with Crippen LogP contribution in [0.3, 0.4) is 0 Å². The normalized spacial score (nSPS) is 16.3. The first-order valence-corrected chi connectivity index (χ1v) is 10.6. The highest BCUT2D eigenvalue weighted by Gasteiger charge is 2.35. The van der Waals surface area contributed by atoms with Crippen molar-refractivity contribution in [1.82, 2.24) is 9.88 Å². The standard InChI is InChI=1S/C25H20F3N3O2/c26-25(27,28)19-10-5-4-9-18(19)16-12-13-22-20(15-16)30-23(33-22)21-11-6-14-31(21)24(32)29-17-7-2-1-3-8-17/h1-5,7-10,12-13,15,21H,6,11,14H2,(H,29,32). The quantitative estimate of drug-likeness (QED) is 0.369. The number of hydrogen-bond acceptors (Lipinski definition) is 3. The summed E-state index contributed by atoms with van der Waals surface area (Å²) in [6.07, 6.45) is -2.97. The number of amides is 2. The van der Waals surface area contributed by atoms with E-state index in [2.05, 4.69) is 10.3 Å². The van der Waals surface area contributed by atoms with Crippen molar-refractivity contribution < 1.29 is 22.4 Å². The number of carbonyl (C=O) groups excluding carboxylic acids is 1. The molecule has 1 aliphatic heterocycles. The Morgan fingerprint density at radius 2 is 1.79 bits per heavy atom. The molecule has 0 saturated carbocycles. The fraction of sp³-hybridized carbons (Fsp3) is 0.200. The van der Waals surface area contributed by atoms with Gasteiger partial charge in [0.1, 0.15) is 11.6 Å². The van der Waals surface area contributed by atoms with Gasteiger partial charge in [0.15, 0.2) is 5.58 Å². The molecule has 8 heteroatoms. The number of halogens is 3. The first-order chi connectivity index (χ1) is 15.9. The second-order valence-corrected chi connectivity index (χ2v) is 7.93. The van der Waals surface area contributed by atoms with Crippen molar-refractivity contribution in [3.8, 4) is 11.1 Å². The molecular formula is C25H20F3N3O2. The van der Waals surface area contributed by atoms with Gasteiger partial charge in [0.05, 0.1) is 5.56 Å². The van der Waals surface area contributed by atoms with Crippen LogP contribution in [0.4, 0.5) is 23.7 Å². The minimum absolute atomic E-state index is 0.0844. The molecule has 1 unspecified atom stereocenters. The van der Waals surface area contributed by atoms with Crippen LogP contribution < -0.4 is 5.32 Å². The number of rotatable bonds is 3. The summed E-state index contributed by atoms with van der Waals surface area (Å²) in [5, 5.41) is 2.88. The predicted octanol–water partition coefficient (Wildman–Crippen LogP) is 6.88. The molecule has 1 N–H and O–H groups in total. The van der Waals surface area contributed by atoms with Gasteiger partial charge in [0.2, 0.25) is 5.89 Å². The van der Waals surface area contributed by atoms with Crippen molar-refractivity contribution in [3.05, 3.63) is 84.3 Å². The van der Waals surface area contributed by atoms with Crippen LogP contribution in [0, 0.1) is 0 Å². The van der Waals surface area contributed by atoms with Gasteiger partial charge in [-0.25, -0.2) is 9.78 Å². The minimum atomic E-state index is -4.46. The molecule has 33 heavy (non-hydrogen) atoms. The Balaban J connectivity index is 1.44. The van der Waals surface area contributed by atoms with Crippen LogP contribution in [0.15, 0.2) is 77.2 Å². The highest BCUT2D eigenvalue weighted by Crippen LogP contribution is 2.39. The monoisotopic (exact) mass is 451 g/mol. The lowest BCUT2D eigenvalue weighted by Crippen LogP contribution is -2.34. The van der Waals surface area contributed by atoms with E-state index in [1.807, 2.05) is 30.3 Å². The summed E-state index contributed by atoms with van der Waals surface area (Å²) in [4.78, 5) is 19.0. The van der Waals surface area contributed by atoms with Gasteiger partial charge in [-0.15, -0.1) is 0 Å². The summed E-state index contributed by atoms with van der Waals surface area (Å²) in [6.45, 7) is 0.562. The van der Waals surface area contributed by atoms with Crippen molar-refractivity contribution in [1.29, 1.82) is 0 Å². The van der Waals surface area contributed by atoms with Crippen LogP contribution >= 0.6 is 0 Å². The maximum absolute atomic E-state index is 13.5. The van der Waals surface area contributed by atoms with Crippen molar-refractivity contribution in [2.24, 2.45) is 0 Å². The molecule has 0 aliphatic carbocycles. The number of para-hydroxylation sites is 1. The Morgan fingerprint density at radius 1 is 1.03 bits per heavy atom. The fourth-order valence-electron chi connectivity index (χ4n) is 4.22. The number of oxazole rings is 1. The van der Waals surface area contributed by atoms with Gasteiger partial charge in [-0.3, -0.25) is 0 Å². The summed E-state index contributed by atoms with van der Waals surface area (Å²) in [5.41, 5.74) is 1.40. The molecular weight excluding hydrogens is 431 g/mol. The van der Waals surface area contributed by atoms with E-state index in [4.69, 9.17) is 4.42 Å². The largest absolute Gasteiger partial charge is 0.438 e. The summed E-state index contributed by atoms with van der Waals surface area (Å²) >= 11 is 0. The second kappa shape index (κ2) is 8.27. The molecule has 1 aromatic heterocycles. The van der Waals surface area contributed by atoms with E-state index in [1.165, 1.54) is 12.1 Å². The first-order valence-electron chi connectivity index (χ1n) is 10.6. The number of carbonyl (C=O) groups is 1.